The van der Waals surface area contributed by atoms with Crippen LogP contribution in [0, 0.1) is 0 Å². The van der Waals surface area contributed by atoms with E-state index in [2.05, 4.69) is 13.2 Å². The smallest absolute Gasteiger partial charge is 0.219 e. The van der Waals surface area contributed by atoms with Gasteiger partial charge in [0.15, 0.2) is 0 Å². The molecule has 0 spiro atoms. The third kappa shape index (κ3) is 5.47. The summed E-state index contributed by atoms with van der Waals surface area (Å²) in [5.41, 5.74) is 0. The summed E-state index contributed by atoms with van der Waals surface area (Å²) in [5.74, 6) is 1.35. The lowest BCUT2D eigenvalue weighted by molar-refractivity contribution is -0.128. The molecule has 0 aromatic rings. The van der Waals surface area contributed by atoms with Crippen LogP contribution in [0.2, 0.25) is 0 Å². The van der Waals surface area contributed by atoms with Gasteiger partial charge in [0.2, 0.25) is 5.91 Å². The zero-order valence-electron chi connectivity index (χ0n) is 8.30. The molecule has 0 fully saturated rings. The van der Waals surface area contributed by atoms with Crippen molar-refractivity contribution in [3.63, 3.8) is 0 Å². The first-order valence-corrected chi connectivity index (χ1v) is 5.86. The second-order valence-corrected chi connectivity index (χ2v) is 3.84. The van der Waals surface area contributed by atoms with Crippen molar-refractivity contribution >= 4 is 17.7 Å². The van der Waals surface area contributed by atoms with E-state index in [9.17, 15) is 4.79 Å². The van der Waals surface area contributed by atoms with Crippen molar-refractivity contribution in [2.75, 3.05) is 25.1 Å². The van der Waals surface area contributed by atoms with E-state index in [-0.39, 0.29) is 5.91 Å². The number of carbonyl (C=O) groups is 1. The van der Waals surface area contributed by atoms with Crippen LogP contribution < -0.4 is 0 Å². The van der Waals surface area contributed by atoms with Crippen molar-refractivity contribution in [3.05, 3.63) is 0 Å². The van der Waals surface area contributed by atoms with Gasteiger partial charge < -0.3 is 4.90 Å². The Hall–Kier alpha value is -0.180. The van der Waals surface area contributed by atoms with Crippen LogP contribution in [0.3, 0.4) is 0 Å². The molecule has 2 nitrogen and oxygen atoms in total. The maximum atomic E-state index is 11.0. The second-order valence-electron chi connectivity index (χ2n) is 2.85. The molecule has 0 aromatic heterocycles. The SMILES string of the molecule is CCCN(CCCSC)C(C)=O. The number of rotatable bonds is 6. The first kappa shape index (κ1) is 11.8. The van der Waals surface area contributed by atoms with Gasteiger partial charge in [-0.15, -0.1) is 0 Å². The van der Waals surface area contributed by atoms with Gasteiger partial charge in [-0.25, -0.2) is 0 Å². The molecule has 0 aliphatic carbocycles. The Morgan fingerprint density at radius 1 is 1.42 bits per heavy atom. The molecular formula is C9H19NOS. The predicted molar refractivity (Wildman–Crippen MR) is 55.5 cm³/mol. The Kier molecular flexibility index (Phi) is 7.36. The molecule has 3 heteroatoms. The van der Waals surface area contributed by atoms with Gasteiger partial charge in [-0.05, 0) is 24.9 Å². The number of carbonyl (C=O) groups excluding carboxylic acids is 1. The van der Waals surface area contributed by atoms with E-state index < -0.39 is 0 Å². The fourth-order valence-corrected chi connectivity index (χ4v) is 1.51. The van der Waals surface area contributed by atoms with E-state index in [1.54, 1.807) is 6.92 Å². The first-order chi connectivity index (χ1) is 5.72. The van der Waals surface area contributed by atoms with Crippen molar-refractivity contribution in [1.29, 1.82) is 0 Å². The van der Waals surface area contributed by atoms with Gasteiger partial charge >= 0.3 is 0 Å². The molecule has 0 bridgehead atoms. The highest BCUT2D eigenvalue weighted by atomic mass is 32.2. The molecule has 0 heterocycles. The molecule has 0 saturated carbocycles. The van der Waals surface area contributed by atoms with Gasteiger partial charge in [-0.3, -0.25) is 4.79 Å². The van der Waals surface area contributed by atoms with Crippen LogP contribution >= 0.6 is 11.8 Å². The Bertz CT molecular complexity index is 128. The monoisotopic (exact) mass is 189 g/mol. The minimum atomic E-state index is 0.206. The number of hydrogen-bond donors (Lipinski definition) is 0. The van der Waals surface area contributed by atoms with Gasteiger partial charge in [0.25, 0.3) is 0 Å². The number of nitrogens with zero attached hydrogens (tertiary/aromatic N) is 1. The molecule has 0 aromatic carbocycles. The van der Waals surface area contributed by atoms with Crippen molar-refractivity contribution in [1.82, 2.24) is 4.90 Å². The summed E-state index contributed by atoms with van der Waals surface area (Å²) in [6, 6.07) is 0. The van der Waals surface area contributed by atoms with Crippen LogP contribution in [0.15, 0.2) is 0 Å². The summed E-state index contributed by atoms with van der Waals surface area (Å²) in [6.07, 6.45) is 4.26. The van der Waals surface area contributed by atoms with Crippen molar-refractivity contribution < 1.29 is 4.79 Å². The molecule has 0 unspecified atom stereocenters. The van der Waals surface area contributed by atoms with Crippen LogP contribution in [0.4, 0.5) is 0 Å². The van der Waals surface area contributed by atoms with Crippen LogP contribution in [0.25, 0.3) is 0 Å². The molecule has 0 saturated heterocycles. The number of hydrogen-bond acceptors (Lipinski definition) is 2. The average molecular weight is 189 g/mol. The second kappa shape index (κ2) is 7.47. The predicted octanol–water partition coefficient (Wildman–Crippen LogP) is 2.00. The third-order valence-electron chi connectivity index (χ3n) is 1.72. The number of thioether (sulfide) groups is 1. The van der Waals surface area contributed by atoms with Gasteiger partial charge in [-0.2, -0.15) is 11.8 Å². The normalized spacial score (nSPS) is 9.92. The summed E-state index contributed by atoms with van der Waals surface area (Å²) in [4.78, 5) is 13.0. The highest BCUT2D eigenvalue weighted by Crippen LogP contribution is 1.99. The Balaban J connectivity index is 3.56. The van der Waals surface area contributed by atoms with Crippen LogP contribution in [0.1, 0.15) is 26.7 Å². The standard InChI is InChI=1S/C9H19NOS/c1-4-6-10(9(2)11)7-5-8-12-3/h4-8H2,1-3H3. The average Bonchev–Trinajstić information content (AvgIpc) is 2.03. The maximum Gasteiger partial charge on any atom is 0.219 e. The van der Waals surface area contributed by atoms with Gasteiger partial charge in [0.05, 0.1) is 0 Å². The maximum absolute atomic E-state index is 11.0. The Morgan fingerprint density at radius 3 is 2.50 bits per heavy atom. The molecule has 0 N–H and O–H groups in total. The van der Waals surface area contributed by atoms with E-state index in [1.807, 2.05) is 16.7 Å². The van der Waals surface area contributed by atoms with E-state index in [0.717, 1.165) is 31.7 Å². The van der Waals surface area contributed by atoms with Gasteiger partial charge in [-0.1, -0.05) is 6.92 Å². The minimum Gasteiger partial charge on any atom is -0.343 e. The summed E-state index contributed by atoms with van der Waals surface area (Å²) >= 11 is 1.84. The lowest BCUT2D eigenvalue weighted by Crippen LogP contribution is -2.30. The van der Waals surface area contributed by atoms with E-state index in [4.69, 9.17) is 0 Å². The molecular weight excluding hydrogens is 170 g/mol. The summed E-state index contributed by atoms with van der Waals surface area (Å²) in [6.45, 7) is 5.58. The fourth-order valence-electron chi connectivity index (χ4n) is 1.10. The summed E-state index contributed by atoms with van der Waals surface area (Å²) in [7, 11) is 0. The molecule has 72 valence electrons. The van der Waals surface area contributed by atoms with Gasteiger partial charge in [0, 0.05) is 20.0 Å². The van der Waals surface area contributed by atoms with Gasteiger partial charge in [0.1, 0.15) is 0 Å². The minimum absolute atomic E-state index is 0.206. The van der Waals surface area contributed by atoms with Crippen LogP contribution in [-0.4, -0.2) is 35.9 Å². The summed E-state index contributed by atoms with van der Waals surface area (Å²) < 4.78 is 0. The molecule has 0 rings (SSSR count). The molecule has 12 heavy (non-hydrogen) atoms. The zero-order valence-corrected chi connectivity index (χ0v) is 9.12. The van der Waals surface area contributed by atoms with Crippen molar-refractivity contribution in [3.8, 4) is 0 Å². The quantitative estimate of drug-likeness (QED) is 0.596. The Labute approximate surface area is 79.7 Å². The highest BCUT2D eigenvalue weighted by molar-refractivity contribution is 7.98. The van der Waals surface area contributed by atoms with Crippen molar-refractivity contribution in [2.45, 2.75) is 26.7 Å². The summed E-state index contributed by atoms with van der Waals surface area (Å²) in [5, 5.41) is 0. The number of amides is 1. The van der Waals surface area contributed by atoms with E-state index in [0.29, 0.717) is 0 Å². The largest absolute Gasteiger partial charge is 0.343 e. The first-order valence-electron chi connectivity index (χ1n) is 4.46. The molecule has 1 amide bonds. The van der Waals surface area contributed by atoms with E-state index >= 15 is 0 Å². The molecule has 0 atom stereocenters. The molecule has 0 aliphatic rings. The zero-order chi connectivity index (χ0) is 9.40. The molecule has 0 radical (unpaired) electrons. The highest BCUT2D eigenvalue weighted by Gasteiger charge is 2.05. The van der Waals surface area contributed by atoms with Crippen LogP contribution in [-0.2, 0) is 4.79 Å². The molecule has 0 aliphatic heterocycles. The van der Waals surface area contributed by atoms with Crippen LogP contribution in [0.5, 0.6) is 0 Å². The van der Waals surface area contributed by atoms with E-state index in [1.165, 1.54) is 0 Å². The topological polar surface area (TPSA) is 20.3 Å². The third-order valence-corrected chi connectivity index (χ3v) is 2.41. The lowest BCUT2D eigenvalue weighted by Gasteiger charge is -2.19. The van der Waals surface area contributed by atoms with Crippen molar-refractivity contribution in [2.24, 2.45) is 0 Å². The Morgan fingerprint density at radius 2 is 2.08 bits per heavy atom. The fraction of sp³-hybridized carbons (Fsp3) is 0.889. The lowest BCUT2D eigenvalue weighted by atomic mass is 10.3.